The van der Waals surface area contributed by atoms with Crippen molar-refractivity contribution in [1.82, 2.24) is 20.1 Å². The number of nitrogens with one attached hydrogen (secondary N) is 2. The highest BCUT2D eigenvalue weighted by molar-refractivity contribution is 7.99. The third kappa shape index (κ3) is 3.63. The van der Waals surface area contributed by atoms with Gasteiger partial charge in [-0.2, -0.15) is 0 Å². The molecular weight excluding hydrogens is 260 g/mol. The van der Waals surface area contributed by atoms with Crippen LogP contribution in [0.1, 0.15) is 39.0 Å². The number of hydrogen-bond acceptors (Lipinski definition) is 4. The second kappa shape index (κ2) is 7.14. The van der Waals surface area contributed by atoms with Gasteiger partial charge in [0.25, 0.3) is 0 Å². The predicted octanol–water partition coefficient (Wildman–Crippen LogP) is 1.85. The Morgan fingerprint density at radius 3 is 3.11 bits per heavy atom. The first-order valence-corrected chi connectivity index (χ1v) is 8.20. The Labute approximate surface area is 118 Å². The van der Waals surface area contributed by atoms with Crippen LogP contribution in [0.15, 0.2) is 9.95 Å². The minimum Gasteiger partial charge on any atom is -0.317 e. The predicted molar refractivity (Wildman–Crippen MR) is 78.7 cm³/mol. The summed E-state index contributed by atoms with van der Waals surface area (Å²) >= 11 is 1.70. The topological polar surface area (TPSA) is 62.7 Å². The molecule has 0 bridgehead atoms. The minimum atomic E-state index is -0.0849. The van der Waals surface area contributed by atoms with Gasteiger partial charge in [-0.15, -0.1) is 5.10 Å². The number of rotatable bonds is 7. The van der Waals surface area contributed by atoms with Crippen molar-refractivity contribution in [2.24, 2.45) is 5.92 Å². The quantitative estimate of drug-likeness (QED) is 0.750. The molecule has 0 aliphatic heterocycles. The van der Waals surface area contributed by atoms with Gasteiger partial charge in [0.15, 0.2) is 5.16 Å². The average Bonchev–Trinajstić information content (AvgIpc) is 2.99. The number of aromatic amines is 1. The van der Waals surface area contributed by atoms with Gasteiger partial charge in [0.2, 0.25) is 0 Å². The molecule has 5 nitrogen and oxygen atoms in total. The molecule has 1 aliphatic rings. The van der Waals surface area contributed by atoms with Crippen LogP contribution in [-0.2, 0) is 6.54 Å². The summed E-state index contributed by atoms with van der Waals surface area (Å²) in [5, 5.41) is 10.9. The number of hydrogen-bond donors (Lipinski definition) is 2. The monoisotopic (exact) mass is 284 g/mol. The number of aromatic nitrogens is 3. The Kier molecular flexibility index (Phi) is 5.51. The molecule has 2 N–H and O–H groups in total. The Hall–Kier alpha value is -0.750. The van der Waals surface area contributed by atoms with Gasteiger partial charge in [-0.3, -0.25) is 4.57 Å². The second-order valence-electron chi connectivity index (χ2n) is 5.19. The maximum atomic E-state index is 11.6. The van der Waals surface area contributed by atoms with Gasteiger partial charge in [-0.25, -0.2) is 9.89 Å². The van der Waals surface area contributed by atoms with Gasteiger partial charge in [0.05, 0.1) is 0 Å². The lowest BCUT2D eigenvalue weighted by molar-refractivity contribution is 0.417. The van der Waals surface area contributed by atoms with E-state index in [0.29, 0.717) is 6.04 Å². The van der Waals surface area contributed by atoms with Gasteiger partial charge < -0.3 is 5.32 Å². The van der Waals surface area contributed by atoms with E-state index in [-0.39, 0.29) is 5.69 Å². The highest BCUT2D eigenvalue weighted by Crippen LogP contribution is 2.30. The molecule has 2 unspecified atom stereocenters. The molecule has 1 aromatic heterocycles. The summed E-state index contributed by atoms with van der Waals surface area (Å²) in [5.41, 5.74) is -0.0849. The molecule has 1 heterocycles. The summed E-state index contributed by atoms with van der Waals surface area (Å²) in [6, 6.07) is 0.678. The fraction of sp³-hybridized carbons (Fsp3) is 0.846. The van der Waals surface area contributed by atoms with Crippen LogP contribution in [0.2, 0.25) is 0 Å². The summed E-state index contributed by atoms with van der Waals surface area (Å²) in [4.78, 5) is 11.6. The molecule has 1 saturated carbocycles. The highest BCUT2D eigenvalue weighted by atomic mass is 32.2. The van der Waals surface area contributed by atoms with Crippen molar-refractivity contribution in [3.8, 4) is 0 Å². The molecule has 2 atom stereocenters. The Balaban J connectivity index is 1.84. The summed E-state index contributed by atoms with van der Waals surface area (Å²) in [6.07, 6.45) is 6.12. The Bertz CT molecular complexity index is 442. The standard InChI is InChI=1S/C13H24N4OS/c1-3-8-17-12(18)15-16-13(17)19-9-7-10-5-4-6-11(10)14-2/h10-11,14H,3-9H2,1-2H3,(H,15,18). The van der Waals surface area contributed by atoms with Gasteiger partial charge >= 0.3 is 5.69 Å². The fourth-order valence-corrected chi connectivity index (χ4v) is 3.94. The average molecular weight is 284 g/mol. The third-order valence-corrected chi connectivity index (χ3v) is 4.93. The first kappa shape index (κ1) is 14.7. The first-order valence-electron chi connectivity index (χ1n) is 7.21. The maximum Gasteiger partial charge on any atom is 0.343 e. The van der Waals surface area contributed by atoms with Crippen molar-refractivity contribution in [2.45, 2.75) is 56.8 Å². The van der Waals surface area contributed by atoms with Crippen LogP contribution in [0, 0.1) is 5.92 Å². The Morgan fingerprint density at radius 1 is 1.53 bits per heavy atom. The summed E-state index contributed by atoms with van der Waals surface area (Å²) in [5.74, 6) is 1.82. The maximum absolute atomic E-state index is 11.6. The largest absolute Gasteiger partial charge is 0.343 e. The lowest BCUT2D eigenvalue weighted by Gasteiger charge is -2.18. The van der Waals surface area contributed by atoms with E-state index < -0.39 is 0 Å². The molecule has 0 saturated heterocycles. The van der Waals surface area contributed by atoms with Crippen LogP contribution in [0.5, 0.6) is 0 Å². The van der Waals surface area contributed by atoms with Crippen molar-refractivity contribution in [3.05, 3.63) is 10.5 Å². The molecule has 6 heteroatoms. The number of thioether (sulfide) groups is 1. The van der Waals surface area contributed by atoms with Gasteiger partial charge in [-0.05, 0) is 38.6 Å². The zero-order chi connectivity index (χ0) is 13.7. The third-order valence-electron chi connectivity index (χ3n) is 3.92. The van der Waals surface area contributed by atoms with Crippen LogP contribution in [0.4, 0.5) is 0 Å². The van der Waals surface area contributed by atoms with E-state index in [2.05, 4.69) is 29.5 Å². The zero-order valence-electron chi connectivity index (χ0n) is 11.8. The molecule has 0 amide bonds. The van der Waals surface area contributed by atoms with E-state index >= 15 is 0 Å². The van der Waals surface area contributed by atoms with Crippen molar-refractivity contribution >= 4 is 11.8 Å². The molecule has 1 fully saturated rings. The van der Waals surface area contributed by atoms with Crippen LogP contribution in [0.3, 0.4) is 0 Å². The smallest absolute Gasteiger partial charge is 0.317 e. The van der Waals surface area contributed by atoms with Crippen LogP contribution < -0.4 is 11.0 Å². The highest BCUT2D eigenvalue weighted by Gasteiger charge is 2.25. The molecule has 1 aliphatic carbocycles. The van der Waals surface area contributed by atoms with Crippen LogP contribution >= 0.6 is 11.8 Å². The fourth-order valence-electron chi connectivity index (χ4n) is 2.90. The van der Waals surface area contributed by atoms with E-state index in [1.807, 2.05) is 0 Å². The number of nitrogens with zero attached hydrogens (tertiary/aromatic N) is 2. The van der Waals surface area contributed by atoms with Gasteiger partial charge in [0, 0.05) is 18.3 Å². The molecule has 0 spiro atoms. The van der Waals surface area contributed by atoms with Gasteiger partial charge in [-0.1, -0.05) is 25.1 Å². The van der Waals surface area contributed by atoms with Gasteiger partial charge in [0.1, 0.15) is 0 Å². The van der Waals surface area contributed by atoms with E-state index in [1.165, 1.54) is 25.7 Å². The zero-order valence-corrected chi connectivity index (χ0v) is 12.6. The first-order chi connectivity index (χ1) is 9.26. The van der Waals surface area contributed by atoms with E-state index in [1.54, 1.807) is 16.3 Å². The van der Waals surface area contributed by atoms with Crippen molar-refractivity contribution in [3.63, 3.8) is 0 Å². The molecule has 19 heavy (non-hydrogen) atoms. The molecule has 0 aromatic carbocycles. The molecule has 108 valence electrons. The van der Waals surface area contributed by atoms with Crippen LogP contribution in [-0.4, -0.2) is 33.6 Å². The van der Waals surface area contributed by atoms with Crippen LogP contribution in [0.25, 0.3) is 0 Å². The molecular formula is C13H24N4OS. The SMILES string of the molecule is CCCn1c(SCCC2CCCC2NC)n[nH]c1=O. The normalized spacial score (nSPS) is 23.1. The molecule has 0 radical (unpaired) electrons. The Morgan fingerprint density at radius 2 is 2.37 bits per heavy atom. The van der Waals surface area contributed by atoms with E-state index in [4.69, 9.17) is 0 Å². The summed E-state index contributed by atoms with van der Waals surface area (Å²) in [6.45, 7) is 2.82. The molecule has 1 aromatic rings. The van der Waals surface area contributed by atoms with E-state index in [0.717, 1.165) is 29.8 Å². The van der Waals surface area contributed by atoms with Crippen molar-refractivity contribution < 1.29 is 0 Å². The second-order valence-corrected chi connectivity index (χ2v) is 6.25. The van der Waals surface area contributed by atoms with E-state index in [9.17, 15) is 4.79 Å². The van der Waals surface area contributed by atoms with Crippen molar-refractivity contribution in [1.29, 1.82) is 0 Å². The summed E-state index contributed by atoms with van der Waals surface area (Å²) < 4.78 is 1.74. The number of H-pyrrole nitrogens is 1. The molecule has 2 rings (SSSR count). The lowest BCUT2D eigenvalue weighted by Crippen LogP contribution is -2.29. The lowest BCUT2D eigenvalue weighted by atomic mass is 10.0. The van der Waals surface area contributed by atoms with Crippen molar-refractivity contribution in [2.75, 3.05) is 12.8 Å². The minimum absolute atomic E-state index is 0.0849. The summed E-state index contributed by atoms with van der Waals surface area (Å²) in [7, 11) is 2.06.